The van der Waals surface area contributed by atoms with Gasteiger partial charge in [0.15, 0.2) is 0 Å². The van der Waals surface area contributed by atoms with Gasteiger partial charge in [-0.3, -0.25) is 0 Å². The summed E-state index contributed by atoms with van der Waals surface area (Å²) in [6.07, 6.45) is -2.51. The van der Waals surface area contributed by atoms with E-state index < -0.39 is 17.3 Å². The van der Waals surface area contributed by atoms with E-state index in [0.29, 0.717) is 25.3 Å². The maximum absolute atomic E-state index is 13.0. The van der Waals surface area contributed by atoms with Crippen LogP contribution in [0.5, 0.6) is 0 Å². The SMILES string of the molecule is N#Cc1ccc(NC(CCO)C2CCOCC2)cc1C(F)(F)F. The van der Waals surface area contributed by atoms with Crippen LogP contribution in [0.1, 0.15) is 30.4 Å². The molecule has 1 unspecified atom stereocenters. The Hall–Kier alpha value is -1.78. The van der Waals surface area contributed by atoms with Gasteiger partial charge in [-0.1, -0.05) is 0 Å². The number of nitriles is 1. The highest BCUT2D eigenvalue weighted by Crippen LogP contribution is 2.34. The molecule has 1 aromatic rings. The summed E-state index contributed by atoms with van der Waals surface area (Å²) in [6, 6.07) is 5.04. The van der Waals surface area contributed by atoms with Gasteiger partial charge in [0.2, 0.25) is 0 Å². The summed E-state index contributed by atoms with van der Waals surface area (Å²) >= 11 is 0. The van der Waals surface area contributed by atoms with Crippen LogP contribution in [0.25, 0.3) is 0 Å². The summed E-state index contributed by atoms with van der Waals surface area (Å²) < 4.78 is 44.4. The number of aliphatic hydroxyl groups excluding tert-OH is 1. The molecule has 1 saturated heterocycles. The summed E-state index contributed by atoms with van der Waals surface area (Å²) in [5, 5.41) is 21.1. The topological polar surface area (TPSA) is 65.3 Å². The minimum atomic E-state index is -4.58. The number of ether oxygens (including phenoxy) is 1. The molecule has 0 aromatic heterocycles. The van der Waals surface area contributed by atoms with Crippen LogP contribution in [-0.4, -0.2) is 31.0 Å². The van der Waals surface area contributed by atoms with Crippen molar-refractivity contribution >= 4 is 5.69 Å². The van der Waals surface area contributed by atoms with Crippen LogP contribution in [0.3, 0.4) is 0 Å². The van der Waals surface area contributed by atoms with E-state index >= 15 is 0 Å². The molecule has 2 N–H and O–H groups in total. The molecular weight excluding hydrogens is 309 g/mol. The van der Waals surface area contributed by atoms with Crippen molar-refractivity contribution in [2.24, 2.45) is 5.92 Å². The quantitative estimate of drug-likeness (QED) is 0.871. The molecule has 7 heteroatoms. The summed E-state index contributed by atoms with van der Waals surface area (Å²) in [5.41, 5.74) is -1.03. The van der Waals surface area contributed by atoms with Gasteiger partial charge in [0, 0.05) is 31.5 Å². The van der Waals surface area contributed by atoms with Crippen molar-refractivity contribution in [2.45, 2.75) is 31.5 Å². The standard InChI is InChI=1S/C16H19F3N2O2/c17-16(18,19)14-9-13(2-1-12(14)10-20)21-15(3-6-22)11-4-7-23-8-5-11/h1-2,9,11,15,21-22H,3-8H2. The first-order valence-corrected chi connectivity index (χ1v) is 7.52. The molecule has 2 rings (SSSR count). The van der Waals surface area contributed by atoms with E-state index in [4.69, 9.17) is 10.00 Å². The lowest BCUT2D eigenvalue weighted by molar-refractivity contribution is -0.137. The molecule has 1 atom stereocenters. The van der Waals surface area contributed by atoms with Crippen LogP contribution in [0, 0.1) is 17.2 Å². The Bertz CT molecular complexity index is 563. The average Bonchev–Trinajstić information content (AvgIpc) is 2.54. The third-order valence-corrected chi connectivity index (χ3v) is 4.07. The van der Waals surface area contributed by atoms with Gasteiger partial charge in [-0.15, -0.1) is 0 Å². The molecule has 0 spiro atoms. The van der Waals surface area contributed by atoms with Crippen LogP contribution in [0.15, 0.2) is 18.2 Å². The van der Waals surface area contributed by atoms with E-state index in [1.54, 1.807) is 6.07 Å². The maximum Gasteiger partial charge on any atom is 0.417 e. The zero-order valence-corrected chi connectivity index (χ0v) is 12.6. The Labute approximate surface area is 132 Å². The molecule has 0 amide bonds. The van der Waals surface area contributed by atoms with Gasteiger partial charge in [0.25, 0.3) is 0 Å². The average molecular weight is 328 g/mol. The summed E-state index contributed by atoms with van der Waals surface area (Å²) in [5.74, 6) is 0.237. The number of hydrogen-bond donors (Lipinski definition) is 2. The third kappa shape index (κ3) is 4.60. The number of hydrogen-bond acceptors (Lipinski definition) is 4. The lowest BCUT2D eigenvalue weighted by Crippen LogP contribution is -2.34. The molecule has 4 nitrogen and oxygen atoms in total. The zero-order chi connectivity index (χ0) is 16.9. The van der Waals surface area contributed by atoms with Crippen molar-refractivity contribution in [3.8, 4) is 6.07 Å². The lowest BCUT2D eigenvalue weighted by Gasteiger charge is -2.31. The fourth-order valence-electron chi connectivity index (χ4n) is 2.86. The number of nitrogens with zero attached hydrogens (tertiary/aromatic N) is 1. The zero-order valence-electron chi connectivity index (χ0n) is 12.6. The van der Waals surface area contributed by atoms with Gasteiger partial charge in [0.05, 0.1) is 17.2 Å². The van der Waals surface area contributed by atoms with E-state index in [9.17, 15) is 18.3 Å². The van der Waals surface area contributed by atoms with E-state index in [1.165, 1.54) is 12.1 Å². The van der Waals surface area contributed by atoms with E-state index in [0.717, 1.165) is 18.9 Å². The highest BCUT2D eigenvalue weighted by molar-refractivity contribution is 5.53. The van der Waals surface area contributed by atoms with Gasteiger partial charge in [-0.2, -0.15) is 18.4 Å². The van der Waals surface area contributed by atoms with Crippen molar-refractivity contribution in [1.82, 2.24) is 0 Å². The molecule has 23 heavy (non-hydrogen) atoms. The number of halogens is 3. The van der Waals surface area contributed by atoms with Gasteiger partial charge in [-0.25, -0.2) is 0 Å². The minimum absolute atomic E-state index is 0.0442. The number of alkyl halides is 3. The van der Waals surface area contributed by atoms with Crippen LogP contribution >= 0.6 is 0 Å². The summed E-state index contributed by atoms with van der Waals surface area (Å²) in [4.78, 5) is 0. The molecule has 1 fully saturated rings. The van der Waals surface area contributed by atoms with E-state index in [2.05, 4.69) is 5.32 Å². The van der Waals surface area contributed by atoms with Crippen LogP contribution in [-0.2, 0) is 10.9 Å². The number of nitrogens with one attached hydrogen (secondary N) is 1. The Balaban J connectivity index is 2.21. The molecule has 0 radical (unpaired) electrons. The molecule has 0 bridgehead atoms. The second-order valence-corrected chi connectivity index (χ2v) is 5.58. The van der Waals surface area contributed by atoms with Crippen molar-refractivity contribution < 1.29 is 23.0 Å². The molecule has 126 valence electrons. The Morgan fingerprint density at radius 2 is 2.04 bits per heavy atom. The molecule has 0 aliphatic carbocycles. The fourth-order valence-corrected chi connectivity index (χ4v) is 2.86. The van der Waals surface area contributed by atoms with Crippen molar-refractivity contribution in [3.63, 3.8) is 0 Å². The largest absolute Gasteiger partial charge is 0.417 e. The van der Waals surface area contributed by atoms with Crippen molar-refractivity contribution in [1.29, 1.82) is 5.26 Å². The highest BCUT2D eigenvalue weighted by atomic mass is 19.4. The van der Waals surface area contributed by atoms with Gasteiger partial charge >= 0.3 is 6.18 Å². The lowest BCUT2D eigenvalue weighted by atomic mass is 9.89. The number of benzene rings is 1. The highest BCUT2D eigenvalue weighted by Gasteiger charge is 2.34. The number of anilines is 1. The molecule has 1 aliphatic heterocycles. The summed E-state index contributed by atoms with van der Waals surface area (Å²) in [7, 11) is 0. The molecule has 1 aliphatic rings. The molecular formula is C16H19F3N2O2. The van der Waals surface area contributed by atoms with Crippen LogP contribution in [0.4, 0.5) is 18.9 Å². The first kappa shape index (κ1) is 17.6. The summed E-state index contributed by atoms with van der Waals surface area (Å²) in [6.45, 7) is 1.20. The predicted molar refractivity (Wildman–Crippen MR) is 78.8 cm³/mol. The molecule has 0 saturated carbocycles. The normalized spacial score (nSPS) is 17.5. The van der Waals surface area contributed by atoms with Gasteiger partial charge < -0.3 is 15.2 Å². The Morgan fingerprint density at radius 3 is 2.61 bits per heavy atom. The Morgan fingerprint density at radius 1 is 1.35 bits per heavy atom. The van der Waals surface area contributed by atoms with Gasteiger partial charge in [-0.05, 0) is 43.4 Å². The molecule has 1 heterocycles. The first-order valence-electron chi connectivity index (χ1n) is 7.52. The second-order valence-electron chi connectivity index (χ2n) is 5.58. The van der Waals surface area contributed by atoms with E-state index in [1.807, 2.05) is 0 Å². The van der Waals surface area contributed by atoms with Gasteiger partial charge in [0.1, 0.15) is 0 Å². The first-order chi connectivity index (χ1) is 11.0. The second kappa shape index (κ2) is 7.66. The smallest absolute Gasteiger partial charge is 0.396 e. The Kier molecular flexibility index (Phi) is 5.85. The minimum Gasteiger partial charge on any atom is -0.396 e. The number of rotatable bonds is 5. The molecule has 1 aromatic carbocycles. The van der Waals surface area contributed by atoms with E-state index in [-0.39, 0.29) is 18.6 Å². The monoisotopic (exact) mass is 328 g/mol. The van der Waals surface area contributed by atoms with Crippen LogP contribution < -0.4 is 5.32 Å². The maximum atomic E-state index is 13.0. The fraction of sp³-hybridized carbons (Fsp3) is 0.562. The third-order valence-electron chi connectivity index (χ3n) is 4.07. The van der Waals surface area contributed by atoms with Crippen molar-refractivity contribution in [3.05, 3.63) is 29.3 Å². The van der Waals surface area contributed by atoms with Crippen LogP contribution in [0.2, 0.25) is 0 Å². The van der Waals surface area contributed by atoms with Crippen molar-refractivity contribution in [2.75, 3.05) is 25.1 Å². The predicted octanol–water partition coefficient (Wildman–Crippen LogP) is 3.17. The number of aliphatic hydroxyl groups is 1.